The number of imidazole rings is 1. The third-order valence-electron chi connectivity index (χ3n) is 2.40. The number of rotatable bonds is 2. The van der Waals surface area contributed by atoms with E-state index in [2.05, 4.69) is 24.9 Å². The lowest BCUT2D eigenvalue weighted by Crippen LogP contribution is -1.95. The number of fused-ring (bicyclic) bond motifs is 1. The number of anilines is 1. The SMILES string of the molecule is N#Cc1nc(Sc2ncnc3nc[nH]c23)ccc1N. The highest BCUT2D eigenvalue weighted by molar-refractivity contribution is 7.99. The van der Waals surface area contributed by atoms with Crippen molar-refractivity contribution >= 4 is 28.6 Å². The Kier molecular flexibility index (Phi) is 2.74. The first kappa shape index (κ1) is 11.4. The second-order valence-corrected chi connectivity index (χ2v) is 4.59. The fraction of sp³-hybridized carbons (Fsp3) is 0. The summed E-state index contributed by atoms with van der Waals surface area (Å²) in [5.74, 6) is 0. The number of aromatic amines is 1. The van der Waals surface area contributed by atoms with Crippen LogP contribution in [0.3, 0.4) is 0 Å². The average Bonchev–Trinajstić information content (AvgIpc) is 2.90. The van der Waals surface area contributed by atoms with Crippen LogP contribution in [-0.4, -0.2) is 24.9 Å². The van der Waals surface area contributed by atoms with Gasteiger partial charge in [0, 0.05) is 0 Å². The standard InChI is InChI=1S/C11H7N7S/c12-3-7-6(13)1-2-8(18-7)19-11-9-10(15-4-14-9)16-5-17-11/h1-2,4-5H,13H2,(H,14,15,16,17). The quantitative estimate of drug-likeness (QED) is 0.674. The van der Waals surface area contributed by atoms with Gasteiger partial charge in [-0.05, 0) is 23.9 Å². The van der Waals surface area contributed by atoms with Crippen molar-refractivity contribution in [3.05, 3.63) is 30.5 Å². The first-order valence-electron chi connectivity index (χ1n) is 5.26. The van der Waals surface area contributed by atoms with E-state index in [0.29, 0.717) is 21.4 Å². The summed E-state index contributed by atoms with van der Waals surface area (Å²) in [5, 5.41) is 10.2. The summed E-state index contributed by atoms with van der Waals surface area (Å²) in [6, 6.07) is 5.34. The zero-order valence-electron chi connectivity index (χ0n) is 9.53. The van der Waals surface area contributed by atoms with E-state index in [1.807, 2.05) is 6.07 Å². The number of nitrogens with one attached hydrogen (secondary N) is 1. The maximum Gasteiger partial charge on any atom is 0.181 e. The summed E-state index contributed by atoms with van der Waals surface area (Å²) < 4.78 is 0. The summed E-state index contributed by atoms with van der Waals surface area (Å²) in [6.07, 6.45) is 2.99. The highest BCUT2D eigenvalue weighted by Gasteiger charge is 2.09. The molecule has 0 saturated heterocycles. The number of nitrogens with zero attached hydrogens (tertiary/aromatic N) is 5. The van der Waals surface area contributed by atoms with E-state index in [9.17, 15) is 0 Å². The number of hydrogen-bond acceptors (Lipinski definition) is 7. The van der Waals surface area contributed by atoms with Gasteiger partial charge in [-0.15, -0.1) is 0 Å². The molecule has 0 saturated carbocycles. The molecule has 0 radical (unpaired) electrons. The summed E-state index contributed by atoms with van der Waals surface area (Å²) >= 11 is 1.32. The number of aromatic nitrogens is 5. The first-order valence-corrected chi connectivity index (χ1v) is 6.08. The zero-order valence-corrected chi connectivity index (χ0v) is 10.3. The highest BCUT2D eigenvalue weighted by Crippen LogP contribution is 2.29. The van der Waals surface area contributed by atoms with Gasteiger partial charge in [0.05, 0.1) is 12.0 Å². The van der Waals surface area contributed by atoms with E-state index in [1.54, 1.807) is 18.5 Å². The molecular formula is C11H7N7S. The van der Waals surface area contributed by atoms with Gasteiger partial charge in [-0.3, -0.25) is 0 Å². The molecule has 0 atom stereocenters. The minimum atomic E-state index is 0.208. The van der Waals surface area contributed by atoms with Crippen LogP contribution in [0, 0.1) is 11.3 Å². The van der Waals surface area contributed by atoms with Crippen molar-refractivity contribution in [2.75, 3.05) is 5.73 Å². The Labute approximate surface area is 111 Å². The predicted molar refractivity (Wildman–Crippen MR) is 69.2 cm³/mol. The minimum absolute atomic E-state index is 0.208. The third-order valence-corrected chi connectivity index (χ3v) is 3.34. The van der Waals surface area contributed by atoms with Crippen LogP contribution in [0.25, 0.3) is 11.2 Å². The molecule has 0 unspecified atom stereocenters. The van der Waals surface area contributed by atoms with Crippen LogP contribution < -0.4 is 5.73 Å². The van der Waals surface area contributed by atoms with E-state index < -0.39 is 0 Å². The molecule has 7 nitrogen and oxygen atoms in total. The van der Waals surface area contributed by atoms with Crippen molar-refractivity contribution in [1.82, 2.24) is 24.9 Å². The molecule has 0 spiro atoms. The van der Waals surface area contributed by atoms with Crippen molar-refractivity contribution in [3.8, 4) is 6.07 Å². The first-order chi connectivity index (χ1) is 9.28. The molecule has 0 fully saturated rings. The molecule has 0 aliphatic heterocycles. The van der Waals surface area contributed by atoms with Crippen LogP contribution in [0.1, 0.15) is 5.69 Å². The van der Waals surface area contributed by atoms with Gasteiger partial charge in [-0.25, -0.2) is 19.9 Å². The van der Waals surface area contributed by atoms with E-state index in [-0.39, 0.29) is 5.69 Å². The lowest BCUT2D eigenvalue weighted by atomic mass is 10.3. The second kappa shape index (κ2) is 4.55. The Morgan fingerprint density at radius 3 is 3.00 bits per heavy atom. The monoisotopic (exact) mass is 269 g/mol. The molecule has 3 aromatic rings. The Morgan fingerprint density at radius 2 is 2.16 bits per heavy atom. The summed E-state index contributed by atoms with van der Waals surface area (Å²) in [7, 11) is 0. The number of hydrogen-bond donors (Lipinski definition) is 2. The number of nitrogen functional groups attached to an aromatic ring is 1. The smallest absolute Gasteiger partial charge is 0.181 e. The molecule has 3 heterocycles. The van der Waals surface area contributed by atoms with Gasteiger partial charge in [-0.2, -0.15) is 5.26 Å². The summed E-state index contributed by atoms with van der Waals surface area (Å²) in [6.45, 7) is 0. The molecule has 3 aromatic heterocycles. The van der Waals surface area contributed by atoms with Crippen LogP contribution in [0.5, 0.6) is 0 Å². The second-order valence-electron chi connectivity index (χ2n) is 3.58. The maximum absolute atomic E-state index is 8.90. The minimum Gasteiger partial charge on any atom is -0.396 e. The van der Waals surface area contributed by atoms with Crippen LogP contribution in [0.2, 0.25) is 0 Å². The highest BCUT2D eigenvalue weighted by atomic mass is 32.2. The van der Waals surface area contributed by atoms with Crippen LogP contribution >= 0.6 is 11.8 Å². The fourth-order valence-electron chi connectivity index (χ4n) is 1.52. The van der Waals surface area contributed by atoms with E-state index in [0.717, 1.165) is 5.52 Å². The third kappa shape index (κ3) is 2.07. The molecule has 8 heteroatoms. The topological polar surface area (TPSA) is 117 Å². The Bertz CT molecular complexity index is 789. The van der Waals surface area contributed by atoms with E-state index >= 15 is 0 Å². The molecule has 0 amide bonds. The summed E-state index contributed by atoms with van der Waals surface area (Å²) in [4.78, 5) is 19.4. The van der Waals surface area contributed by atoms with Gasteiger partial charge in [0.2, 0.25) is 0 Å². The molecule has 3 rings (SSSR count). The van der Waals surface area contributed by atoms with E-state index in [1.165, 1.54) is 18.1 Å². The normalized spacial score (nSPS) is 10.5. The van der Waals surface area contributed by atoms with Gasteiger partial charge in [-0.1, -0.05) is 0 Å². The number of pyridine rings is 1. The molecule has 0 aromatic carbocycles. The van der Waals surface area contributed by atoms with Crippen molar-refractivity contribution in [1.29, 1.82) is 5.26 Å². The molecule has 0 aliphatic rings. The largest absolute Gasteiger partial charge is 0.396 e. The van der Waals surface area contributed by atoms with Gasteiger partial charge in [0.1, 0.15) is 28.0 Å². The van der Waals surface area contributed by atoms with Gasteiger partial charge in [0.25, 0.3) is 0 Å². The molecule has 19 heavy (non-hydrogen) atoms. The Hall–Kier alpha value is -2.66. The van der Waals surface area contributed by atoms with Crippen molar-refractivity contribution in [2.24, 2.45) is 0 Å². The van der Waals surface area contributed by atoms with Crippen LogP contribution in [0.4, 0.5) is 5.69 Å². The molecular weight excluding hydrogens is 262 g/mol. The van der Waals surface area contributed by atoms with Crippen LogP contribution in [-0.2, 0) is 0 Å². The van der Waals surface area contributed by atoms with Gasteiger partial charge < -0.3 is 10.7 Å². The molecule has 92 valence electrons. The van der Waals surface area contributed by atoms with Crippen molar-refractivity contribution in [3.63, 3.8) is 0 Å². The molecule has 3 N–H and O–H groups in total. The lowest BCUT2D eigenvalue weighted by molar-refractivity contribution is 1.06. The Balaban J connectivity index is 2.02. The summed E-state index contributed by atoms with van der Waals surface area (Å²) in [5.41, 5.74) is 7.53. The fourth-order valence-corrected chi connectivity index (χ4v) is 2.34. The maximum atomic E-state index is 8.90. The molecule has 0 bridgehead atoms. The van der Waals surface area contributed by atoms with Gasteiger partial charge in [0.15, 0.2) is 11.3 Å². The molecule has 0 aliphatic carbocycles. The predicted octanol–water partition coefficient (Wildman–Crippen LogP) is 1.35. The average molecular weight is 269 g/mol. The van der Waals surface area contributed by atoms with E-state index in [4.69, 9.17) is 11.0 Å². The number of H-pyrrole nitrogens is 1. The number of nitrogens with two attached hydrogens (primary N) is 1. The van der Waals surface area contributed by atoms with Crippen molar-refractivity contribution in [2.45, 2.75) is 10.1 Å². The van der Waals surface area contributed by atoms with Crippen LogP contribution in [0.15, 0.2) is 34.8 Å². The zero-order chi connectivity index (χ0) is 13.2. The Morgan fingerprint density at radius 1 is 1.26 bits per heavy atom. The van der Waals surface area contributed by atoms with Crippen molar-refractivity contribution < 1.29 is 0 Å². The number of nitriles is 1. The van der Waals surface area contributed by atoms with Gasteiger partial charge >= 0.3 is 0 Å². The lowest BCUT2D eigenvalue weighted by Gasteiger charge is -2.02.